The minimum atomic E-state index is -3.87. The fourth-order valence-electron chi connectivity index (χ4n) is 2.64. The lowest BCUT2D eigenvalue weighted by Gasteiger charge is -2.11. The third kappa shape index (κ3) is 5.00. The van der Waals surface area contributed by atoms with Gasteiger partial charge in [-0.15, -0.1) is 0 Å². The summed E-state index contributed by atoms with van der Waals surface area (Å²) in [6.07, 6.45) is 0. The molecular formula is C20H20N6O2S. The third-order valence-corrected chi connectivity index (χ3v) is 5.34. The number of hydrogen-bond donors (Lipinski definition) is 3. The fourth-order valence-corrected chi connectivity index (χ4v) is 3.86. The van der Waals surface area contributed by atoms with E-state index in [1.807, 2.05) is 26.0 Å². The van der Waals surface area contributed by atoms with Crippen molar-refractivity contribution in [3.63, 3.8) is 0 Å². The molecule has 29 heavy (non-hydrogen) atoms. The van der Waals surface area contributed by atoms with Crippen LogP contribution in [0.4, 0.5) is 23.1 Å². The molecule has 0 fully saturated rings. The predicted octanol–water partition coefficient (Wildman–Crippen LogP) is 3.63. The summed E-state index contributed by atoms with van der Waals surface area (Å²) in [5, 5.41) is 15.4. The van der Waals surface area contributed by atoms with E-state index < -0.39 is 10.0 Å². The molecule has 3 rings (SSSR count). The van der Waals surface area contributed by atoms with Crippen molar-refractivity contribution in [2.24, 2.45) is 0 Å². The van der Waals surface area contributed by atoms with Crippen LogP contribution in [-0.4, -0.2) is 24.9 Å². The Kier molecular flexibility index (Phi) is 5.95. The molecule has 2 aromatic carbocycles. The van der Waals surface area contributed by atoms with Crippen molar-refractivity contribution in [1.29, 1.82) is 5.26 Å². The zero-order valence-corrected chi connectivity index (χ0v) is 16.8. The van der Waals surface area contributed by atoms with E-state index in [2.05, 4.69) is 25.3 Å². The van der Waals surface area contributed by atoms with Gasteiger partial charge in [0.15, 0.2) is 0 Å². The van der Waals surface area contributed by atoms with E-state index in [4.69, 9.17) is 5.26 Å². The first-order chi connectivity index (χ1) is 13.9. The van der Waals surface area contributed by atoms with E-state index in [0.717, 1.165) is 11.4 Å². The van der Waals surface area contributed by atoms with Gasteiger partial charge in [0.05, 0.1) is 5.56 Å². The molecule has 0 radical (unpaired) electrons. The van der Waals surface area contributed by atoms with Gasteiger partial charge in [-0.3, -0.25) is 4.72 Å². The molecule has 3 aromatic rings. The van der Waals surface area contributed by atoms with Crippen molar-refractivity contribution in [3.05, 3.63) is 65.9 Å². The average Bonchev–Trinajstić information content (AvgIpc) is 2.69. The Bertz CT molecular complexity index is 1150. The van der Waals surface area contributed by atoms with Crippen molar-refractivity contribution < 1.29 is 8.42 Å². The van der Waals surface area contributed by atoms with Gasteiger partial charge in [-0.05, 0) is 50.2 Å². The molecule has 0 amide bonds. The van der Waals surface area contributed by atoms with Gasteiger partial charge < -0.3 is 10.6 Å². The van der Waals surface area contributed by atoms with E-state index in [9.17, 15) is 8.42 Å². The van der Waals surface area contributed by atoms with E-state index in [1.54, 1.807) is 36.4 Å². The molecule has 0 bridgehead atoms. The Balaban J connectivity index is 1.76. The number of aryl methyl sites for hydroxylation is 1. The quantitative estimate of drug-likeness (QED) is 0.546. The van der Waals surface area contributed by atoms with Crippen molar-refractivity contribution in [3.8, 4) is 6.07 Å². The number of nitriles is 1. The molecular weight excluding hydrogens is 388 g/mol. The molecule has 9 heteroatoms. The Morgan fingerprint density at radius 3 is 2.41 bits per heavy atom. The average molecular weight is 408 g/mol. The molecule has 0 aliphatic rings. The largest absolute Gasteiger partial charge is 0.354 e. The zero-order chi connectivity index (χ0) is 20.9. The Morgan fingerprint density at radius 2 is 1.72 bits per heavy atom. The van der Waals surface area contributed by atoms with Gasteiger partial charge in [0, 0.05) is 29.7 Å². The first kappa shape index (κ1) is 20.1. The number of sulfonamides is 1. The lowest BCUT2D eigenvalue weighted by molar-refractivity contribution is 0.601. The van der Waals surface area contributed by atoms with Crippen LogP contribution < -0.4 is 15.4 Å². The lowest BCUT2D eigenvalue weighted by atomic mass is 10.2. The normalized spacial score (nSPS) is 10.8. The summed E-state index contributed by atoms with van der Waals surface area (Å²) < 4.78 is 27.7. The van der Waals surface area contributed by atoms with E-state index >= 15 is 0 Å². The molecule has 0 saturated carbocycles. The van der Waals surface area contributed by atoms with Gasteiger partial charge in [0.2, 0.25) is 5.95 Å². The van der Waals surface area contributed by atoms with E-state index in [-0.39, 0.29) is 10.5 Å². The first-order valence-electron chi connectivity index (χ1n) is 8.90. The summed E-state index contributed by atoms with van der Waals surface area (Å²) in [5.74, 6) is 1.17. The Labute approximate surface area is 169 Å². The van der Waals surface area contributed by atoms with Crippen molar-refractivity contribution in [2.45, 2.75) is 18.7 Å². The zero-order valence-electron chi connectivity index (χ0n) is 16.0. The topological polar surface area (TPSA) is 120 Å². The Morgan fingerprint density at radius 1 is 1.03 bits per heavy atom. The van der Waals surface area contributed by atoms with Crippen LogP contribution in [0.3, 0.4) is 0 Å². The van der Waals surface area contributed by atoms with E-state index in [1.165, 1.54) is 12.1 Å². The van der Waals surface area contributed by atoms with Crippen LogP contribution in [0.5, 0.6) is 0 Å². The lowest BCUT2D eigenvalue weighted by Crippen LogP contribution is -2.14. The summed E-state index contributed by atoms with van der Waals surface area (Å²) in [4.78, 5) is 8.63. The van der Waals surface area contributed by atoms with E-state index in [0.29, 0.717) is 24.0 Å². The maximum atomic E-state index is 12.6. The SMILES string of the molecule is CCNc1nc(C)cc(Nc2ccc(NS(=O)(=O)c3ccccc3C#N)cc2)n1. The fraction of sp³-hybridized carbons (Fsp3) is 0.150. The third-order valence-electron chi connectivity index (χ3n) is 3.90. The van der Waals surface area contributed by atoms with Gasteiger partial charge in [-0.25, -0.2) is 13.4 Å². The van der Waals surface area contributed by atoms with Crippen LogP contribution in [0.1, 0.15) is 18.2 Å². The highest BCUT2D eigenvalue weighted by molar-refractivity contribution is 7.92. The molecule has 0 saturated heterocycles. The van der Waals surface area contributed by atoms with Crippen LogP contribution in [0.25, 0.3) is 0 Å². The van der Waals surface area contributed by atoms with Crippen LogP contribution >= 0.6 is 0 Å². The van der Waals surface area contributed by atoms with Crippen molar-refractivity contribution in [1.82, 2.24) is 9.97 Å². The summed E-state index contributed by atoms with van der Waals surface area (Å²) in [7, 11) is -3.87. The highest BCUT2D eigenvalue weighted by Crippen LogP contribution is 2.22. The molecule has 8 nitrogen and oxygen atoms in total. The summed E-state index contributed by atoms with van der Waals surface area (Å²) in [6, 6.07) is 16.5. The number of hydrogen-bond acceptors (Lipinski definition) is 7. The second-order valence-electron chi connectivity index (χ2n) is 6.16. The van der Waals surface area contributed by atoms with Gasteiger partial charge in [0.25, 0.3) is 10.0 Å². The van der Waals surface area contributed by atoms with Gasteiger partial charge in [0.1, 0.15) is 16.8 Å². The Hall–Kier alpha value is -3.64. The molecule has 0 atom stereocenters. The number of benzene rings is 2. The van der Waals surface area contributed by atoms with Crippen LogP contribution in [0.2, 0.25) is 0 Å². The molecule has 1 aromatic heterocycles. The molecule has 148 valence electrons. The minimum absolute atomic E-state index is 0.0582. The minimum Gasteiger partial charge on any atom is -0.354 e. The maximum Gasteiger partial charge on any atom is 0.263 e. The summed E-state index contributed by atoms with van der Waals surface area (Å²) in [5.41, 5.74) is 2.04. The molecule has 3 N–H and O–H groups in total. The molecule has 0 spiro atoms. The second-order valence-corrected chi connectivity index (χ2v) is 7.82. The highest BCUT2D eigenvalue weighted by atomic mass is 32.2. The number of nitrogens with one attached hydrogen (secondary N) is 3. The standard InChI is InChI=1S/C20H20N6O2S/c1-3-22-20-23-14(2)12-19(25-20)24-16-8-10-17(11-9-16)26-29(27,28)18-7-5-4-6-15(18)13-21/h4-12,26H,3H2,1-2H3,(H2,22,23,24,25). The number of aromatic nitrogens is 2. The van der Waals surface area contributed by atoms with Crippen LogP contribution in [0.15, 0.2) is 59.5 Å². The highest BCUT2D eigenvalue weighted by Gasteiger charge is 2.18. The van der Waals surface area contributed by atoms with Gasteiger partial charge >= 0.3 is 0 Å². The molecule has 0 unspecified atom stereocenters. The second kappa shape index (κ2) is 8.58. The molecule has 0 aliphatic heterocycles. The van der Waals surface area contributed by atoms with Crippen LogP contribution in [0, 0.1) is 18.3 Å². The molecule has 0 aliphatic carbocycles. The smallest absolute Gasteiger partial charge is 0.263 e. The van der Waals surface area contributed by atoms with Crippen molar-refractivity contribution in [2.75, 3.05) is 21.9 Å². The summed E-state index contributed by atoms with van der Waals surface area (Å²) in [6.45, 7) is 4.56. The van der Waals surface area contributed by atoms with Crippen LogP contribution in [-0.2, 0) is 10.0 Å². The monoisotopic (exact) mass is 408 g/mol. The number of anilines is 4. The summed E-state index contributed by atoms with van der Waals surface area (Å²) >= 11 is 0. The molecule has 1 heterocycles. The number of nitrogens with zero attached hydrogens (tertiary/aromatic N) is 3. The first-order valence-corrected chi connectivity index (χ1v) is 10.4. The van der Waals surface area contributed by atoms with Crippen molar-refractivity contribution >= 4 is 33.2 Å². The predicted molar refractivity (Wildman–Crippen MR) is 113 cm³/mol. The number of rotatable bonds is 7. The van der Waals surface area contributed by atoms with Gasteiger partial charge in [-0.2, -0.15) is 10.2 Å². The van der Waals surface area contributed by atoms with Gasteiger partial charge in [-0.1, -0.05) is 12.1 Å². The maximum absolute atomic E-state index is 12.6.